The zero-order valence-corrected chi connectivity index (χ0v) is 19.2. The number of allylic oxidation sites excluding steroid dienone is 1. The summed E-state index contributed by atoms with van der Waals surface area (Å²) in [6.45, 7) is 7.55. The summed E-state index contributed by atoms with van der Waals surface area (Å²) in [5, 5.41) is 22.1. The first-order valence-corrected chi connectivity index (χ1v) is 11.5. The maximum Gasteiger partial charge on any atom is 0.269 e. The van der Waals surface area contributed by atoms with Gasteiger partial charge in [-0.2, -0.15) is 0 Å². The summed E-state index contributed by atoms with van der Waals surface area (Å²) in [5.41, 5.74) is 0.274. The Balaban J connectivity index is 1.52. The second-order valence-corrected chi connectivity index (χ2v) is 9.47. The van der Waals surface area contributed by atoms with E-state index in [1.807, 2.05) is 73.7 Å². The Morgan fingerprint density at radius 1 is 1.12 bits per heavy atom. The van der Waals surface area contributed by atoms with E-state index in [9.17, 15) is 15.0 Å². The first kappa shape index (κ1) is 23.3. The van der Waals surface area contributed by atoms with Gasteiger partial charge in [0.2, 0.25) is 0 Å². The summed E-state index contributed by atoms with van der Waals surface area (Å²) in [4.78, 5) is 12.4. The molecule has 2 saturated carbocycles. The van der Waals surface area contributed by atoms with Crippen LogP contribution in [0.3, 0.4) is 0 Å². The van der Waals surface area contributed by atoms with Gasteiger partial charge in [0.25, 0.3) is 6.29 Å². The molecule has 0 saturated heterocycles. The summed E-state index contributed by atoms with van der Waals surface area (Å²) < 4.78 is 12.1. The lowest BCUT2D eigenvalue weighted by atomic mass is 9.84. The van der Waals surface area contributed by atoms with Crippen LogP contribution in [0.5, 0.6) is 11.5 Å². The van der Waals surface area contributed by atoms with Crippen molar-refractivity contribution in [3.05, 3.63) is 84.5 Å². The fourth-order valence-corrected chi connectivity index (χ4v) is 5.10. The zero-order valence-electron chi connectivity index (χ0n) is 19.2. The van der Waals surface area contributed by atoms with E-state index >= 15 is 0 Å². The van der Waals surface area contributed by atoms with Crippen LogP contribution in [-0.4, -0.2) is 34.0 Å². The highest BCUT2D eigenvalue weighted by molar-refractivity contribution is 5.99. The van der Waals surface area contributed by atoms with Gasteiger partial charge in [0.1, 0.15) is 17.1 Å². The van der Waals surface area contributed by atoms with Gasteiger partial charge < -0.3 is 19.7 Å². The number of Topliss-reactive ketones (excluding diaryl/α,β-unsaturated/α-hetero) is 1. The predicted molar refractivity (Wildman–Crippen MR) is 127 cm³/mol. The molecule has 5 atom stereocenters. The number of ketones is 1. The number of carbonyl (C=O) groups is 1. The molecule has 2 aliphatic rings. The Labute approximate surface area is 195 Å². The molecule has 4 rings (SSSR count). The second kappa shape index (κ2) is 9.54. The lowest BCUT2D eigenvalue weighted by molar-refractivity contribution is -0.142. The molecule has 2 aliphatic carbocycles. The van der Waals surface area contributed by atoms with Crippen LogP contribution in [0.2, 0.25) is 0 Å². The van der Waals surface area contributed by atoms with E-state index in [2.05, 4.69) is 6.58 Å². The normalized spacial score (nSPS) is 26.9. The molecular formula is C28H32O5. The lowest BCUT2D eigenvalue weighted by Crippen LogP contribution is -2.47. The molecule has 2 N–H and O–H groups in total. The van der Waals surface area contributed by atoms with Crippen molar-refractivity contribution in [2.75, 3.05) is 0 Å². The van der Waals surface area contributed by atoms with Crippen molar-refractivity contribution in [3.8, 4) is 11.5 Å². The third-order valence-corrected chi connectivity index (χ3v) is 6.90. The molecule has 174 valence electrons. The van der Waals surface area contributed by atoms with E-state index in [0.717, 1.165) is 5.57 Å². The number of aliphatic hydroxyl groups excluding tert-OH is 1. The molecule has 1 unspecified atom stereocenters. The average Bonchev–Trinajstić information content (AvgIpc) is 3.26. The molecule has 0 heterocycles. The van der Waals surface area contributed by atoms with Crippen LogP contribution in [-0.2, 0) is 4.79 Å². The molecule has 0 spiro atoms. The number of ether oxygens (including phenoxy) is 2. The first-order valence-electron chi connectivity index (χ1n) is 11.5. The van der Waals surface area contributed by atoms with Gasteiger partial charge in [-0.1, -0.05) is 54.6 Å². The third kappa shape index (κ3) is 5.05. The maximum atomic E-state index is 12.4. The first-order chi connectivity index (χ1) is 15.8. The van der Waals surface area contributed by atoms with Gasteiger partial charge in [-0.15, -0.1) is 0 Å². The van der Waals surface area contributed by atoms with E-state index in [1.54, 1.807) is 6.92 Å². The highest BCUT2D eigenvalue weighted by Crippen LogP contribution is 2.50. The molecule has 0 aliphatic heterocycles. The number of fused-ring (bicyclic) bond motifs is 1. The van der Waals surface area contributed by atoms with Crippen molar-refractivity contribution in [3.63, 3.8) is 0 Å². The summed E-state index contributed by atoms with van der Waals surface area (Å²) >= 11 is 0. The van der Waals surface area contributed by atoms with Crippen molar-refractivity contribution < 1.29 is 24.5 Å². The minimum atomic E-state index is -1.36. The van der Waals surface area contributed by atoms with E-state index in [0.29, 0.717) is 29.9 Å². The molecule has 2 aromatic rings. The molecule has 0 radical (unpaired) electrons. The second-order valence-electron chi connectivity index (χ2n) is 9.47. The van der Waals surface area contributed by atoms with Crippen LogP contribution in [0.15, 0.2) is 84.5 Å². The van der Waals surface area contributed by atoms with Gasteiger partial charge >= 0.3 is 0 Å². The van der Waals surface area contributed by atoms with Gasteiger partial charge in [-0.05, 0) is 62.4 Å². The number of para-hydroxylation sites is 2. The molecule has 0 bridgehead atoms. The van der Waals surface area contributed by atoms with E-state index in [4.69, 9.17) is 9.47 Å². The fourth-order valence-electron chi connectivity index (χ4n) is 5.10. The van der Waals surface area contributed by atoms with Crippen molar-refractivity contribution in [1.29, 1.82) is 0 Å². The van der Waals surface area contributed by atoms with Gasteiger partial charge in [0.15, 0.2) is 5.78 Å². The third-order valence-electron chi connectivity index (χ3n) is 6.90. The quantitative estimate of drug-likeness (QED) is 0.348. The van der Waals surface area contributed by atoms with Crippen LogP contribution in [0.1, 0.15) is 33.1 Å². The Morgan fingerprint density at radius 2 is 1.67 bits per heavy atom. The number of hydrogen-bond acceptors (Lipinski definition) is 5. The van der Waals surface area contributed by atoms with Crippen molar-refractivity contribution in [2.24, 2.45) is 17.8 Å². The lowest BCUT2D eigenvalue weighted by Gasteiger charge is -2.33. The van der Waals surface area contributed by atoms with Gasteiger partial charge in [-0.3, -0.25) is 4.79 Å². The SMILES string of the molecule is C=C1C[C@H]2[C@@H](C(C)=CCC(C)(O)C(Oc3ccccc3)Oc3ccccc3)[C@H](O)C[C@@H]2C1=O. The number of aliphatic hydroxyl groups is 2. The summed E-state index contributed by atoms with van der Waals surface area (Å²) in [6.07, 6.45) is 1.79. The Bertz CT molecular complexity index is 970. The Kier molecular flexibility index (Phi) is 6.73. The van der Waals surface area contributed by atoms with Crippen molar-refractivity contribution in [1.82, 2.24) is 0 Å². The number of benzene rings is 2. The molecule has 5 heteroatoms. The molecule has 2 fully saturated rings. The van der Waals surface area contributed by atoms with E-state index in [-0.39, 0.29) is 30.0 Å². The molecule has 0 aromatic heterocycles. The summed E-state index contributed by atoms with van der Waals surface area (Å²) in [7, 11) is 0. The van der Waals surface area contributed by atoms with E-state index < -0.39 is 18.0 Å². The van der Waals surface area contributed by atoms with Crippen molar-refractivity contribution in [2.45, 2.75) is 51.1 Å². The van der Waals surface area contributed by atoms with Gasteiger partial charge in [0, 0.05) is 18.3 Å². The molecule has 5 nitrogen and oxygen atoms in total. The number of hydrogen-bond donors (Lipinski definition) is 2. The van der Waals surface area contributed by atoms with Crippen LogP contribution < -0.4 is 9.47 Å². The van der Waals surface area contributed by atoms with Gasteiger partial charge in [-0.25, -0.2) is 0 Å². The zero-order chi connectivity index (χ0) is 23.6. The molecule has 2 aromatic carbocycles. The Morgan fingerprint density at radius 3 is 2.21 bits per heavy atom. The number of rotatable bonds is 8. The van der Waals surface area contributed by atoms with Crippen LogP contribution >= 0.6 is 0 Å². The summed E-state index contributed by atoms with van der Waals surface area (Å²) in [5.74, 6) is 1.11. The van der Waals surface area contributed by atoms with Crippen LogP contribution in [0.4, 0.5) is 0 Å². The highest BCUT2D eigenvalue weighted by Gasteiger charge is 2.51. The highest BCUT2D eigenvalue weighted by atomic mass is 16.7. The minimum absolute atomic E-state index is 0.0816. The maximum absolute atomic E-state index is 12.4. The molecule has 33 heavy (non-hydrogen) atoms. The fraction of sp³-hybridized carbons (Fsp3) is 0.393. The number of carbonyl (C=O) groups excluding carboxylic acids is 1. The van der Waals surface area contributed by atoms with E-state index in [1.165, 1.54) is 0 Å². The standard InChI is InChI=1S/C28H32O5/c1-18(25-22-16-19(2)26(30)23(22)17-24(25)29)14-15-28(3,31)27(32-20-10-6-4-7-11-20)33-21-12-8-5-9-13-21/h4-14,22-25,27,29,31H,2,15-17H2,1,3H3/t22-,23+,24-,25-,28?/m1/s1. The van der Waals surface area contributed by atoms with Crippen LogP contribution in [0, 0.1) is 17.8 Å². The largest absolute Gasteiger partial charge is 0.452 e. The Hall–Kier alpha value is -2.89. The smallest absolute Gasteiger partial charge is 0.269 e. The summed E-state index contributed by atoms with van der Waals surface area (Å²) in [6, 6.07) is 18.5. The minimum Gasteiger partial charge on any atom is -0.452 e. The predicted octanol–water partition coefficient (Wildman–Crippen LogP) is 4.70. The molecular weight excluding hydrogens is 416 g/mol. The van der Waals surface area contributed by atoms with Gasteiger partial charge in [0.05, 0.1) is 6.10 Å². The van der Waals surface area contributed by atoms with Crippen molar-refractivity contribution >= 4 is 5.78 Å². The topological polar surface area (TPSA) is 76.0 Å². The monoisotopic (exact) mass is 448 g/mol. The van der Waals surface area contributed by atoms with Crippen LogP contribution in [0.25, 0.3) is 0 Å². The average molecular weight is 449 g/mol. The molecule has 0 amide bonds.